The molecule has 4 aromatic rings. The molecule has 0 spiro atoms. The zero-order chi connectivity index (χ0) is 22.7. The molecule has 0 amide bonds. The molecule has 2 aliphatic heterocycles. The Morgan fingerprint density at radius 2 is 2.03 bits per heavy atom. The molecule has 0 saturated carbocycles. The van der Waals surface area contributed by atoms with Gasteiger partial charge in [-0.15, -0.1) is 10.2 Å². The van der Waals surface area contributed by atoms with Crippen LogP contribution in [0.3, 0.4) is 0 Å². The number of pyridine rings is 1. The molecule has 1 aromatic carbocycles. The maximum Gasteiger partial charge on any atom is 0.171 e. The fraction of sp³-hybridized carbons (Fsp3) is 0.348. The van der Waals surface area contributed by atoms with E-state index in [1.165, 1.54) is 6.07 Å². The monoisotopic (exact) mass is 450 g/mol. The van der Waals surface area contributed by atoms with Crippen LogP contribution in [0.15, 0.2) is 36.8 Å². The van der Waals surface area contributed by atoms with Crippen LogP contribution in [0.4, 0.5) is 10.2 Å². The molecule has 0 fully saturated rings. The molecule has 0 unspecified atom stereocenters. The van der Waals surface area contributed by atoms with E-state index in [4.69, 9.17) is 9.47 Å². The Labute approximate surface area is 188 Å². The highest BCUT2D eigenvalue weighted by atomic mass is 19.1. The van der Waals surface area contributed by atoms with Crippen LogP contribution in [0.2, 0.25) is 0 Å². The second kappa shape index (κ2) is 7.17. The van der Waals surface area contributed by atoms with Crippen molar-refractivity contribution in [2.24, 2.45) is 0 Å². The Balaban J connectivity index is 1.44. The van der Waals surface area contributed by atoms with E-state index in [1.807, 2.05) is 18.3 Å². The number of rotatable bonds is 3. The van der Waals surface area contributed by atoms with Gasteiger partial charge in [0.15, 0.2) is 17.2 Å². The summed E-state index contributed by atoms with van der Waals surface area (Å²) in [5.74, 6) is 1.61. The number of anilines is 1. The normalized spacial score (nSPS) is 17.3. The molecule has 170 valence electrons. The van der Waals surface area contributed by atoms with E-state index in [-0.39, 0.29) is 18.3 Å². The number of ether oxygens (including phenoxy) is 2. The fourth-order valence-corrected chi connectivity index (χ4v) is 4.56. The third-order valence-corrected chi connectivity index (χ3v) is 5.98. The van der Waals surface area contributed by atoms with Crippen LogP contribution in [-0.2, 0) is 13.1 Å². The second-order valence-corrected chi connectivity index (χ2v) is 9.12. The van der Waals surface area contributed by atoms with Gasteiger partial charge in [0.05, 0.1) is 42.5 Å². The summed E-state index contributed by atoms with van der Waals surface area (Å²) < 4.78 is 30.3. The minimum absolute atomic E-state index is 0.0653. The van der Waals surface area contributed by atoms with Gasteiger partial charge in [0, 0.05) is 23.9 Å². The van der Waals surface area contributed by atoms with E-state index in [2.05, 4.69) is 20.6 Å². The molecule has 2 N–H and O–H groups in total. The predicted octanol–water partition coefficient (Wildman–Crippen LogP) is 2.98. The Morgan fingerprint density at radius 3 is 2.85 bits per heavy atom. The zero-order valence-electron chi connectivity index (χ0n) is 18.2. The molecule has 5 heterocycles. The summed E-state index contributed by atoms with van der Waals surface area (Å²) in [5.41, 5.74) is 2.58. The molecule has 0 aliphatic carbocycles. The first-order chi connectivity index (χ1) is 15.9. The lowest BCUT2D eigenvalue weighted by molar-refractivity contribution is 0.0578. The van der Waals surface area contributed by atoms with E-state index < -0.39 is 5.60 Å². The third-order valence-electron chi connectivity index (χ3n) is 5.98. The number of aromatic nitrogens is 5. The van der Waals surface area contributed by atoms with Crippen molar-refractivity contribution >= 4 is 11.5 Å². The summed E-state index contributed by atoms with van der Waals surface area (Å²) in [7, 11) is 0. The smallest absolute Gasteiger partial charge is 0.171 e. The number of halogens is 1. The van der Waals surface area contributed by atoms with Gasteiger partial charge in [-0.1, -0.05) is 0 Å². The highest BCUT2D eigenvalue weighted by Crippen LogP contribution is 2.41. The summed E-state index contributed by atoms with van der Waals surface area (Å²) in [5, 5.41) is 26.5. The molecule has 0 bridgehead atoms. The number of aliphatic hydroxyl groups is 1. The number of hydrogen-bond donors (Lipinski definition) is 2. The van der Waals surface area contributed by atoms with Gasteiger partial charge in [0.2, 0.25) is 0 Å². The van der Waals surface area contributed by atoms with Crippen molar-refractivity contribution in [1.82, 2.24) is 24.4 Å². The molecule has 9 nitrogen and oxygen atoms in total. The minimum atomic E-state index is -0.892. The van der Waals surface area contributed by atoms with E-state index >= 15 is 0 Å². The largest absolute Gasteiger partial charge is 0.493 e. The van der Waals surface area contributed by atoms with Crippen LogP contribution in [-0.4, -0.2) is 48.3 Å². The van der Waals surface area contributed by atoms with Crippen LogP contribution >= 0.6 is 0 Å². The van der Waals surface area contributed by atoms with Crippen molar-refractivity contribution in [3.05, 3.63) is 53.7 Å². The van der Waals surface area contributed by atoms with E-state index in [0.717, 1.165) is 11.1 Å². The Bertz CT molecular complexity index is 1370. The van der Waals surface area contributed by atoms with Crippen molar-refractivity contribution < 1.29 is 19.0 Å². The van der Waals surface area contributed by atoms with E-state index in [9.17, 15) is 9.50 Å². The number of fused-ring (bicyclic) bond motifs is 3. The van der Waals surface area contributed by atoms with Crippen LogP contribution < -0.4 is 14.8 Å². The van der Waals surface area contributed by atoms with Crippen LogP contribution in [0.1, 0.15) is 30.9 Å². The first kappa shape index (κ1) is 20.0. The summed E-state index contributed by atoms with van der Waals surface area (Å²) >= 11 is 0. The summed E-state index contributed by atoms with van der Waals surface area (Å²) in [6.07, 6.45) is 3.41. The summed E-state index contributed by atoms with van der Waals surface area (Å²) in [4.78, 5) is 0. The summed E-state index contributed by atoms with van der Waals surface area (Å²) in [6, 6.07) is 6.87. The lowest BCUT2D eigenvalue weighted by Crippen LogP contribution is -2.26. The number of nitrogens with zero attached hydrogens (tertiary/aromatic N) is 5. The first-order valence-corrected chi connectivity index (χ1v) is 10.8. The maximum absolute atomic E-state index is 14.7. The molecule has 6 rings (SSSR count). The first-order valence-electron chi connectivity index (χ1n) is 10.8. The quantitative estimate of drug-likeness (QED) is 0.495. The van der Waals surface area contributed by atoms with Crippen molar-refractivity contribution in [1.29, 1.82) is 0 Å². The van der Waals surface area contributed by atoms with Crippen molar-refractivity contribution in [3.63, 3.8) is 0 Å². The lowest BCUT2D eigenvalue weighted by atomic mass is 9.96. The van der Waals surface area contributed by atoms with Gasteiger partial charge in [-0.25, -0.2) is 4.39 Å². The molecule has 0 saturated heterocycles. The average molecular weight is 450 g/mol. The van der Waals surface area contributed by atoms with Crippen LogP contribution in [0, 0.1) is 5.82 Å². The molecule has 3 aromatic heterocycles. The zero-order valence-corrected chi connectivity index (χ0v) is 18.2. The lowest BCUT2D eigenvalue weighted by Gasteiger charge is -2.17. The molecule has 10 heteroatoms. The van der Waals surface area contributed by atoms with Crippen LogP contribution in [0.25, 0.3) is 16.9 Å². The topological polar surface area (TPSA) is 98.7 Å². The molecular formula is C23H23FN6O3. The minimum Gasteiger partial charge on any atom is -0.493 e. The maximum atomic E-state index is 14.7. The highest BCUT2D eigenvalue weighted by molar-refractivity contribution is 5.80. The molecule has 2 aliphatic rings. The molecular weight excluding hydrogens is 427 g/mol. The van der Waals surface area contributed by atoms with Gasteiger partial charge in [-0.2, -0.15) is 5.10 Å². The van der Waals surface area contributed by atoms with E-state index in [1.54, 1.807) is 35.3 Å². The second-order valence-electron chi connectivity index (χ2n) is 9.12. The SMILES string of the molecule is CC(C)(O)Cn1ccc(-c2cc3c(n4cnnc24)NCc2c(F)ccc4c2[C@@H](CO4)CO3)n1. The van der Waals surface area contributed by atoms with Gasteiger partial charge < -0.3 is 19.9 Å². The molecule has 33 heavy (non-hydrogen) atoms. The highest BCUT2D eigenvalue weighted by Gasteiger charge is 2.31. The van der Waals surface area contributed by atoms with Gasteiger partial charge >= 0.3 is 0 Å². The summed E-state index contributed by atoms with van der Waals surface area (Å²) in [6.45, 7) is 4.89. The van der Waals surface area contributed by atoms with Gasteiger partial charge in [0.1, 0.15) is 17.9 Å². The predicted molar refractivity (Wildman–Crippen MR) is 118 cm³/mol. The Hall–Kier alpha value is -3.66. The van der Waals surface area contributed by atoms with E-state index in [0.29, 0.717) is 54.0 Å². The Kier molecular flexibility index (Phi) is 4.34. The van der Waals surface area contributed by atoms with Gasteiger partial charge in [-0.05, 0) is 38.1 Å². The van der Waals surface area contributed by atoms with Gasteiger partial charge in [0.25, 0.3) is 0 Å². The number of nitrogens with one attached hydrogen (secondary N) is 1. The molecule has 0 radical (unpaired) electrons. The van der Waals surface area contributed by atoms with Crippen molar-refractivity contribution in [2.45, 2.75) is 38.5 Å². The van der Waals surface area contributed by atoms with Gasteiger partial charge in [-0.3, -0.25) is 9.08 Å². The standard InChI is InChI=1S/C23H23FN6O3/c1-23(2,31)11-29-6-5-17(28-29)14-7-19-22(30-12-26-27-21(14)30)25-8-15-16(24)3-4-18-20(15)13(9-32-18)10-33-19/h3-7,12-13,25,31H,8-11H2,1-2H3/t13-/m0/s1. The number of benzene rings is 1. The molecule has 1 atom stereocenters. The Morgan fingerprint density at radius 1 is 1.21 bits per heavy atom. The number of hydrogen-bond acceptors (Lipinski definition) is 7. The average Bonchev–Trinajstić information content (AvgIpc) is 3.50. The van der Waals surface area contributed by atoms with Crippen molar-refractivity contribution in [3.8, 4) is 22.8 Å². The third kappa shape index (κ3) is 3.37. The van der Waals surface area contributed by atoms with Crippen molar-refractivity contribution in [2.75, 3.05) is 18.5 Å². The fourth-order valence-electron chi connectivity index (χ4n) is 4.56. The van der Waals surface area contributed by atoms with Crippen LogP contribution in [0.5, 0.6) is 11.5 Å².